The Morgan fingerprint density at radius 3 is 2.00 bits per heavy atom. The summed E-state index contributed by atoms with van der Waals surface area (Å²) >= 11 is 0. The molecule has 0 bridgehead atoms. The van der Waals surface area contributed by atoms with Crippen molar-refractivity contribution in [2.24, 2.45) is 0 Å². The first-order valence-corrected chi connectivity index (χ1v) is 10.8. The summed E-state index contributed by atoms with van der Waals surface area (Å²) in [4.78, 5) is 31.4. The quantitative estimate of drug-likeness (QED) is 0.433. The molecule has 0 atom stereocenters. The van der Waals surface area contributed by atoms with Crippen molar-refractivity contribution in [3.63, 3.8) is 0 Å². The number of carbonyl (C=O) groups is 2. The molecule has 5 heteroatoms. The van der Waals surface area contributed by atoms with Crippen LogP contribution < -0.4 is 10.2 Å². The van der Waals surface area contributed by atoms with Gasteiger partial charge in [0.25, 0.3) is 5.91 Å². The molecule has 0 fully saturated rings. The lowest BCUT2D eigenvalue weighted by Crippen LogP contribution is -2.30. The van der Waals surface area contributed by atoms with E-state index in [2.05, 4.69) is 10.3 Å². The topological polar surface area (TPSA) is 62.3 Å². The summed E-state index contributed by atoms with van der Waals surface area (Å²) in [5.74, 6) is -0.122. The standard InChI is InChI=1S/C28H25N3O2/c32-27(30-20-23-15-17-29-18-16-23)19-22-11-13-26(14-12-22)31(21-24-7-3-1-4-8-24)28(33)25-9-5-2-6-10-25/h1-18H,19-21H2,(H,30,32). The first kappa shape index (κ1) is 22.0. The molecule has 1 heterocycles. The Morgan fingerprint density at radius 1 is 0.697 bits per heavy atom. The van der Waals surface area contributed by atoms with E-state index >= 15 is 0 Å². The minimum atomic E-state index is -0.0673. The minimum Gasteiger partial charge on any atom is -0.352 e. The van der Waals surface area contributed by atoms with Gasteiger partial charge in [-0.3, -0.25) is 14.6 Å². The van der Waals surface area contributed by atoms with Crippen molar-refractivity contribution in [1.82, 2.24) is 10.3 Å². The highest BCUT2D eigenvalue weighted by Gasteiger charge is 2.18. The van der Waals surface area contributed by atoms with Gasteiger partial charge >= 0.3 is 0 Å². The van der Waals surface area contributed by atoms with Crippen LogP contribution in [0.25, 0.3) is 0 Å². The predicted molar refractivity (Wildman–Crippen MR) is 130 cm³/mol. The Kier molecular flexibility index (Phi) is 7.23. The number of hydrogen-bond donors (Lipinski definition) is 1. The average molecular weight is 436 g/mol. The number of nitrogens with one attached hydrogen (secondary N) is 1. The van der Waals surface area contributed by atoms with Crippen LogP contribution in [-0.4, -0.2) is 16.8 Å². The fourth-order valence-corrected chi connectivity index (χ4v) is 3.53. The van der Waals surface area contributed by atoms with Crippen molar-refractivity contribution in [2.45, 2.75) is 19.5 Å². The van der Waals surface area contributed by atoms with Gasteiger partial charge in [0.15, 0.2) is 0 Å². The fourth-order valence-electron chi connectivity index (χ4n) is 3.53. The van der Waals surface area contributed by atoms with Crippen LogP contribution in [0.15, 0.2) is 109 Å². The lowest BCUT2D eigenvalue weighted by atomic mass is 10.1. The number of aromatic nitrogens is 1. The van der Waals surface area contributed by atoms with Crippen LogP contribution in [0.2, 0.25) is 0 Å². The number of amides is 2. The Balaban J connectivity index is 1.47. The number of nitrogens with zero attached hydrogens (tertiary/aromatic N) is 2. The minimum absolute atomic E-state index is 0.0546. The van der Waals surface area contributed by atoms with Crippen LogP contribution in [0, 0.1) is 0 Å². The summed E-state index contributed by atoms with van der Waals surface area (Å²) in [5.41, 5.74) is 4.35. The highest BCUT2D eigenvalue weighted by Crippen LogP contribution is 2.21. The maximum absolute atomic E-state index is 13.3. The van der Waals surface area contributed by atoms with Crippen molar-refractivity contribution in [3.05, 3.63) is 132 Å². The van der Waals surface area contributed by atoms with E-state index in [4.69, 9.17) is 0 Å². The molecule has 0 spiro atoms. The number of rotatable bonds is 8. The van der Waals surface area contributed by atoms with Crippen LogP contribution in [-0.2, 0) is 24.3 Å². The lowest BCUT2D eigenvalue weighted by Gasteiger charge is -2.23. The smallest absolute Gasteiger partial charge is 0.258 e. The van der Waals surface area contributed by atoms with Gasteiger partial charge in [0.05, 0.1) is 13.0 Å². The van der Waals surface area contributed by atoms with Crippen LogP contribution in [0.3, 0.4) is 0 Å². The number of carbonyl (C=O) groups excluding carboxylic acids is 2. The SMILES string of the molecule is O=C(Cc1ccc(N(Cc2ccccc2)C(=O)c2ccccc2)cc1)NCc1ccncc1. The number of benzene rings is 3. The lowest BCUT2D eigenvalue weighted by molar-refractivity contribution is -0.120. The van der Waals surface area contributed by atoms with Crippen LogP contribution in [0.5, 0.6) is 0 Å². The molecule has 0 saturated heterocycles. The third kappa shape index (κ3) is 6.14. The zero-order chi connectivity index (χ0) is 22.9. The molecule has 33 heavy (non-hydrogen) atoms. The Labute approximate surface area is 193 Å². The van der Waals surface area contributed by atoms with E-state index in [9.17, 15) is 9.59 Å². The van der Waals surface area contributed by atoms with Gasteiger partial charge in [-0.1, -0.05) is 60.7 Å². The first-order valence-electron chi connectivity index (χ1n) is 10.8. The normalized spacial score (nSPS) is 10.4. The average Bonchev–Trinajstić information content (AvgIpc) is 2.88. The van der Waals surface area contributed by atoms with Gasteiger partial charge < -0.3 is 10.2 Å². The Morgan fingerprint density at radius 2 is 1.33 bits per heavy atom. The summed E-state index contributed by atoms with van der Waals surface area (Å²) in [5, 5.41) is 2.93. The van der Waals surface area contributed by atoms with Gasteiger partial charge in [-0.25, -0.2) is 0 Å². The van der Waals surface area contributed by atoms with Gasteiger partial charge in [0.2, 0.25) is 5.91 Å². The molecule has 0 aliphatic carbocycles. The largest absolute Gasteiger partial charge is 0.352 e. The summed E-state index contributed by atoms with van der Waals surface area (Å²) < 4.78 is 0. The monoisotopic (exact) mass is 435 g/mol. The second-order valence-electron chi connectivity index (χ2n) is 7.72. The van der Waals surface area contributed by atoms with Crippen molar-refractivity contribution in [2.75, 3.05) is 4.90 Å². The molecule has 4 rings (SSSR count). The van der Waals surface area contributed by atoms with Gasteiger partial charge in [-0.2, -0.15) is 0 Å². The second-order valence-corrected chi connectivity index (χ2v) is 7.72. The van der Waals surface area contributed by atoms with E-state index in [1.807, 2.05) is 97.1 Å². The van der Waals surface area contributed by atoms with E-state index in [0.29, 0.717) is 18.7 Å². The molecule has 3 aromatic carbocycles. The van der Waals surface area contributed by atoms with Gasteiger partial charge in [0.1, 0.15) is 0 Å². The molecule has 0 radical (unpaired) electrons. The molecular formula is C28H25N3O2. The molecule has 0 aliphatic rings. The number of pyridine rings is 1. The number of anilines is 1. The maximum Gasteiger partial charge on any atom is 0.258 e. The summed E-state index contributed by atoms with van der Waals surface area (Å²) in [6.07, 6.45) is 3.69. The third-order valence-electron chi connectivity index (χ3n) is 5.30. The first-order chi connectivity index (χ1) is 16.2. The van der Waals surface area contributed by atoms with Crippen molar-refractivity contribution in [1.29, 1.82) is 0 Å². The molecule has 0 aliphatic heterocycles. The maximum atomic E-state index is 13.3. The fraction of sp³-hybridized carbons (Fsp3) is 0.107. The molecule has 164 valence electrons. The van der Waals surface area contributed by atoms with E-state index in [-0.39, 0.29) is 18.2 Å². The van der Waals surface area contributed by atoms with Crippen molar-refractivity contribution < 1.29 is 9.59 Å². The molecule has 0 unspecified atom stereocenters. The predicted octanol–water partition coefficient (Wildman–Crippen LogP) is 4.79. The van der Waals surface area contributed by atoms with E-state index in [1.54, 1.807) is 17.3 Å². The molecule has 1 aromatic heterocycles. The molecule has 4 aromatic rings. The van der Waals surface area contributed by atoms with E-state index < -0.39 is 0 Å². The van der Waals surface area contributed by atoms with Crippen molar-refractivity contribution in [3.8, 4) is 0 Å². The zero-order valence-electron chi connectivity index (χ0n) is 18.2. The zero-order valence-corrected chi connectivity index (χ0v) is 18.2. The van der Waals surface area contributed by atoms with E-state index in [0.717, 1.165) is 22.4 Å². The third-order valence-corrected chi connectivity index (χ3v) is 5.30. The second kappa shape index (κ2) is 10.9. The Hall–Kier alpha value is -4.25. The van der Waals surface area contributed by atoms with Crippen LogP contribution in [0.4, 0.5) is 5.69 Å². The summed E-state index contributed by atoms with van der Waals surface area (Å²) in [6.45, 7) is 0.927. The summed E-state index contributed by atoms with van der Waals surface area (Å²) in [7, 11) is 0. The van der Waals surface area contributed by atoms with E-state index in [1.165, 1.54) is 0 Å². The Bertz CT molecular complexity index is 1180. The molecule has 2 amide bonds. The molecule has 1 N–H and O–H groups in total. The molecule has 0 saturated carbocycles. The number of hydrogen-bond acceptors (Lipinski definition) is 3. The van der Waals surface area contributed by atoms with Gasteiger partial charge in [-0.15, -0.1) is 0 Å². The highest BCUT2D eigenvalue weighted by molar-refractivity contribution is 6.06. The van der Waals surface area contributed by atoms with Gasteiger partial charge in [-0.05, 0) is 53.1 Å². The summed E-state index contributed by atoms with van der Waals surface area (Å²) in [6, 6.07) is 30.5. The van der Waals surface area contributed by atoms with Crippen molar-refractivity contribution >= 4 is 17.5 Å². The molecular weight excluding hydrogens is 410 g/mol. The highest BCUT2D eigenvalue weighted by atomic mass is 16.2. The van der Waals surface area contributed by atoms with Gasteiger partial charge in [0, 0.05) is 30.2 Å². The van der Waals surface area contributed by atoms with Crippen LogP contribution in [0.1, 0.15) is 27.0 Å². The van der Waals surface area contributed by atoms with Crippen LogP contribution >= 0.6 is 0 Å². The molecule has 5 nitrogen and oxygen atoms in total.